The Morgan fingerprint density at radius 3 is 1.81 bits per heavy atom. The molecule has 1 aromatic heterocycles. The van der Waals surface area contributed by atoms with E-state index in [0.717, 1.165) is 31.0 Å². The molecule has 188 valence electrons. The predicted molar refractivity (Wildman–Crippen MR) is 140 cm³/mol. The van der Waals surface area contributed by atoms with Crippen LogP contribution in [0.3, 0.4) is 0 Å². The van der Waals surface area contributed by atoms with Crippen LogP contribution in [0.4, 0.5) is 16.5 Å². The van der Waals surface area contributed by atoms with Crippen molar-refractivity contribution in [1.29, 1.82) is 0 Å². The maximum Gasteiger partial charge on any atom is 0.408 e. The first-order valence-corrected chi connectivity index (χ1v) is 13.3. The largest absolute Gasteiger partial charge is 0.726 e. The van der Waals surface area contributed by atoms with Crippen LogP contribution in [-0.4, -0.2) is 20.1 Å². The average molecular weight is 525 g/mol. The van der Waals surface area contributed by atoms with Crippen LogP contribution in [-0.2, 0) is 34.7 Å². The number of thiazole rings is 1. The summed E-state index contributed by atoms with van der Waals surface area (Å²) in [6.07, 6.45) is 0. The Bertz CT molecular complexity index is 1320. The molecule has 0 saturated carbocycles. The molecule has 0 unspecified atom stereocenters. The third-order valence-electron chi connectivity index (χ3n) is 5.25. The molecule has 0 aliphatic rings. The predicted octanol–water partition coefficient (Wildman–Crippen LogP) is 5.60. The van der Waals surface area contributed by atoms with Gasteiger partial charge < -0.3 is 9.45 Å². The minimum Gasteiger partial charge on any atom is -0.726 e. The van der Waals surface area contributed by atoms with Gasteiger partial charge in [-0.3, -0.25) is 4.18 Å². The summed E-state index contributed by atoms with van der Waals surface area (Å²) in [5.41, 5.74) is 5.78. The van der Waals surface area contributed by atoms with Gasteiger partial charge in [0.25, 0.3) is 0 Å². The Kier molecular flexibility index (Phi) is 9.83. The summed E-state index contributed by atoms with van der Waals surface area (Å²) in [5.74, 6) is 0. The van der Waals surface area contributed by atoms with E-state index >= 15 is 0 Å². The van der Waals surface area contributed by atoms with Gasteiger partial charge in [0.15, 0.2) is 0 Å². The van der Waals surface area contributed by atoms with E-state index in [1.165, 1.54) is 22.5 Å². The minimum atomic E-state index is -4.41. The molecule has 0 aliphatic heterocycles. The number of aromatic nitrogens is 1. The summed E-state index contributed by atoms with van der Waals surface area (Å²) in [6, 6.07) is 29.5. The average Bonchev–Trinajstić information content (AvgIpc) is 3.21. The van der Waals surface area contributed by atoms with Crippen molar-refractivity contribution >= 4 is 38.2 Å². The van der Waals surface area contributed by atoms with Gasteiger partial charge in [-0.1, -0.05) is 60.7 Å². The van der Waals surface area contributed by atoms with Crippen molar-refractivity contribution in [2.75, 3.05) is 12.0 Å². The van der Waals surface area contributed by atoms with Crippen molar-refractivity contribution in [3.05, 3.63) is 107 Å². The fourth-order valence-corrected chi connectivity index (χ4v) is 4.04. The van der Waals surface area contributed by atoms with E-state index in [2.05, 4.69) is 104 Å². The van der Waals surface area contributed by atoms with Gasteiger partial charge in [0.1, 0.15) is 11.4 Å². The summed E-state index contributed by atoms with van der Waals surface area (Å²) in [6.45, 7) is 3.76. The van der Waals surface area contributed by atoms with Crippen molar-refractivity contribution in [2.45, 2.75) is 20.0 Å². The topological polar surface area (TPSA) is 98.3 Å². The van der Waals surface area contributed by atoms with Gasteiger partial charge in [-0.05, 0) is 58.8 Å². The molecule has 0 radical (unpaired) electrons. The second kappa shape index (κ2) is 13.0. The van der Waals surface area contributed by atoms with E-state index < -0.39 is 10.4 Å². The van der Waals surface area contributed by atoms with Crippen LogP contribution in [0.5, 0.6) is 0 Å². The first kappa shape index (κ1) is 27.2. The van der Waals surface area contributed by atoms with E-state index in [1.807, 2.05) is 23.7 Å². The summed E-state index contributed by atoms with van der Waals surface area (Å²) in [7, 11) is -1.60. The number of hydrogen-bond donors (Lipinski definition) is 0. The van der Waals surface area contributed by atoms with Crippen LogP contribution >= 0.6 is 11.3 Å². The fraction of sp³-hybridized carbons (Fsp3) is 0.192. The Labute approximate surface area is 216 Å². The molecule has 0 spiro atoms. The highest BCUT2D eigenvalue weighted by atomic mass is 32.3. The number of azo groups is 1. The first-order valence-electron chi connectivity index (χ1n) is 11.1. The van der Waals surface area contributed by atoms with Crippen molar-refractivity contribution in [3.63, 3.8) is 0 Å². The summed E-state index contributed by atoms with van der Waals surface area (Å²) in [5, 5.41) is 11.8. The zero-order valence-electron chi connectivity index (χ0n) is 20.3. The molecule has 0 atom stereocenters. The van der Waals surface area contributed by atoms with E-state index in [4.69, 9.17) is 0 Å². The van der Waals surface area contributed by atoms with Gasteiger partial charge in [0, 0.05) is 24.2 Å². The number of nitrogens with zero attached hydrogens (tertiary/aromatic N) is 4. The van der Waals surface area contributed by atoms with E-state index in [9.17, 15) is 13.0 Å². The lowest BCUT2D eigenvalue weighted by atomic mass is 10.1. The molecule has 0 bridgehead atoms. The van der Waals surface area contributed by atoms with Crippen LogP contribution < -0.4 is 9.47 Å². The highest BCUT2D eigenvalue weighted by Crippen LogP contribution is 2.25. The normalized spacial score (nSPS) is 11.2. The molecule has 4 rings (SSSR count). The van der Waals surface area contributed by atoms with Gasteiger partial charge in [0.2, 0.25) is 10.4 Å². The van der Waals surface area contributed by atoms with E-state index in [1.54, 1.807) is 11.3 Å². The maximum atomic E-state index is 9.22. The third kappa shape index (κ3) is 8.65. The molecule has 4 aromatic rings. The van der Waals surface area contributed by atoms with Gasteiger partial charge in [-0.2, -0.15) is 0 Å². The summed E-state index contributed by atoms with van der Waals surface area (Å²) in [4.78, 5) is 2.38. The summed E-state index contributed by atoms with van der Waals surface area (Å²) >= 11 is 1.60. The second-order valence-corrected chi connectivity index (χ2v) is 9.82. The van der Waals surface area contributed by atoms with Crippen LogP contribution in [0.1, 0.15) is 16.8 Å². The molecule has 0 fully saturated rings. The summed E-state index contributed by atoms with van der Waals surface area (Å²) < 4.78 is 33.1. The quantitative estimate of drug-likeness (QED) is 0.129. The molecule has 3 aromatic carbocycles. The van der Waals surface area contributed by atoms with Crippen LogP contribution in [0.25, 0.3) is 0 Å². The molecular formula is C26H28N4O4S2. The number of rotatable bonds is 8. The first-order chi connectivity index (χ1) is 17.2. The Balaban J connectivity index is 0.000000538. The lowest BCUT2D eigenvalue weighted by Crippen LogP contribution is -2.28. The number of hydrogen-bond acceptors (Lipinski definition) is 8. The molecule has 0 aliphatic carbocycles. The molecule has 0 amide bonds. The van der Waals surface area contributed by atoms with Gasteiger partial charge in [-0.25, -0.2) is 13.0 Å². The molecular weight excluding hydrogens is 496 g/mol. The van der Waals surface area contributed by atoms with Crippen molar-refractivity contribution in [1.82, 2.24) is 0 Å². The minimum absolute atomic E-state index is 0.808. The van der Waals surface area contributed by atoms with Crippen molar-refractivity contribution < 1.29 is 21.7 Å². The highest BCUT2D eigenvalue weighted by Gasteiger charge is 2.12. The van der Waals surface area contributed by atoms with Crippen LogP contribution in [0.15, 0.2) is 101 Å². The smallest absolute Gasteiger partial charge is 0.408 e. The molecule has 1 heterocycles. The van der Waals surface area contributed by atoms with Crippen molar-refractivity contribution in [3.8, 4) is 0 Å². The SMILES string of the molecule is COS(=O)(=O)[O-].Cc1csc(N=Nc2ccc(N(Cc3ccccc3)Cc3ccccc3)cc2)[n+]1C. The standard InChI is InChI=1S/C25H25N4S.CH4O4S/c1-20-19-30-25(28(20)2)27-26-23-13-15-24(16-14-23)29(17-21-9-5-3-6-10-21)18-22-11-7-4-8-12-22;1-5-6(2,3)4/h3-16,19H,17-18H2,1-2H3;1H3,(H,2,3,4)/q+1;/p-1. The zero-order chi connectivity index (χ0) is 26.0. The number of benzene rings is 3. The molecule has 10 heteroatoms. The number of anilines is 1. The molecule has 36 heavy (non-hydrogen) atoms. The Hall–Kier alpha value is -3.44. The lowest BCUT2D eigenvalue weighted by molar-refractivity contribution is -0.660. The van der Waals surface area contributed by atoms with Crippen molar-refractivity contribution in [2.24, 2.45) is 17.3 Å². The number of aryl methyl sites for hydroxylation is 1. The zero-order valence-corrected chi connectivity index (χ0v) is 21.9. The Morgan fingerprint density at radius 2 is 1.39 bits per heavy atom. The maximum absolute atomic E-state index is 9.22. The Morgan fingerprint density at radius 1 is 0.889 bits per heavy atom. The van der Waals surface area contributed by atoms with Gasteiger partial charge in [0.05, 0.1) is 19.3 Å². The molecule has 8 nitrogen and oxygen atoms in total. The molecule has 0 N–H and O–H groups in total. The van der Waals surface area contributed by atoms with Gasteiger partial charge in [-0.15, -0.1) is 0 Å². The monoisotopic (exact) mass is 524 g/mol. The highest BCUT2D eigenvalue weighted by molar-refractivity contribution is 7.80. The third-order valence-corrected chi connectivity index (χ3v) is 6.69. The molecule has 0 saturated heterocycles. The second-order valence-electron chi connectivity index (χ2n) is 7.84. The fourth-order valence-electron chi connectivity index (χ4n) is 3.21. The van der Waals surface area contributed by atoms with Crippen LogP contribution in [0, 0.1) is 6.92 Å². The van der Waals surface area contributed by atoms with E-state index in [-0.39, 0.29) is 0 Å². The van der Waals surface area contributed by atoms with Gasteiger partial charge >= 0.3 is 5.13 Å². The van der Waals surface area contributed by atoms with E-state index in [0.29, 0.717) is 0 Å². The van der Waals surface area contributed by atoms with Crippen LogP contribution in [0.2, 0.25) is 0 Å². The lowest BCUT2D eigenvalue weighted by Gasteiger charge is -2.25.